The van der Waals surface area contributed by atoms with E-state index in [4.69, 9.17) is 0 Å². The molecule has 4 aromatic rings. The third-order valence-corrected chi connectivity index (χ3v) is 5.22. The smallest absolute Gasteiger partial charge is 0.267 e. The number of benzene rings is 2. The number of aryl methyl sites for hydroxylation is 1. The Hall–Kier alpha value is -3.25. The Morgan fingerprint density at radius 3 is 2.78 bits per heavy atom. The minimum Gasteiger partial charge on any atom is -0.268 e. The van der Waals surface area contributed by atoms with Crippen LogP contribution in [0.1, 0.15) is 16.7 Å². The summed E-state index contributed by atoms with van der Waals surface area (Å²) in [4.78, 5) is 17.9. The third-order valence-electron chi connectivity index (χ3n) is 4.51. The fourth-order valence-electron chi connectivity index (χ4n) is 2.92. The summed E-state index contributed by atoms with van der Waals surface area (Å²) in [6, 6.07) is 15.2. The molecule has 0 atom stereocenters. The predicted molar refractivity (Wildman–Crippen MR) is 112 cm³/mol. The highest BCUT2D eigenvalue weighted by Crippen LogP contribution is 2.21. The molecule has 6 heteroatoms. The first kappa shape index (κ1) is 17.2. The predicted octanol–water partition coefficient (Wildman–Crippen LogP) is 4.51. The molecule has 0 aliphatic carbocycles. The Morgan fingerprint density at radius 2 is 1.96 bits per heavy atom. The molecule has 0 radical (unpaired) electrons. The highest BCUT2D eigenvalue weighted by molar-refractivity contribution is 7.08. The van der Waals surface area contributed by atoms with Crippen LogP contribution in [0.4, 0.5) is 5.95 Å². The summed E-state index contributed by atoms with van der Waals surface area (Å²) in [7, 11) is 0. The van der Waals surface area contributed by atoms with E-state index in [1.165, 1.54) is 0 Å². The fourth-order valence-corrected chi connectivity index (χ4v) is 3.53. The van der Waals surface area contributed by atoms with Crippen molar-refractivity contribution in [2.75, 3.05) is 5.43 Å². The number of thiophene rings is 1. The molecule has 0 aliphatic rings. The normalized spacial score (nSPS) is 11.3. The molecule has 2 aromatic carbocycles. The number of anilines is 1. The molecule has 0 amide bonds. The molecule has 0 spiro atoms. The van der Waals surface area contributed by atoms with Gasteiger partial charge in [-0.25, -0.2) is 15.0 Å². The van der Waals surface area contributed by atoms with Gasteiger partial charge in [-0.2, -0.15) is 16.4 Å². The molecular formula is C21H18N4OS. The van der Waals surface area contributed by atoms with Gasteiger partial charge in [0.05, 0.1) is 22.8 Å². The van der Waals surface area contributed by atoms with E-state index in [-0.39, 0.29) is 5.56 Å². The van der Waals surface area contributed by atoms with Crippen molar-refractivity contribution < 1.29 is 0 Å². The van der Waals surface area contributed by atoms with Gasteiger partial charge in [0.1, 0.15) is 0 Å². The zero-order valence-corrected chi connectivity index (χ0v) is 15.8. The van der Waals surface area contributed by atoms with Gasteiger partial charge in [0.25, 0.3) is 5.56 Å². The van der Waals surface area contributed by atoms with Crippen LogP contribution in [0.2, 0.25) is 0 Å². The average Bonchev–Trinajstić information content (AvgIpc) is 3.18. The van der Waals surface area contributed by atoms with Gasteiger partial charge in [0, 0.05) is 5.56 Å². The first-order chi connectivity index (χ1) is 13.1. The number of para-hydroxylation sites is 1. The molecule has 0 fully saturated rings. The Bertz CT molecular complexity index is 1190. The Balaban J connectivity index is 1.90. The number of aromatic nitrogens is 2. The molecule has 0 saturated carbocycles. The summed E-state index contributed by atoms with van der Waals surface area (Å²) in [5, 5.41) is 8.84. The van der Waals surface area contributed by atoms with Crippen LogP contribution >= 0.6 is 11.3 Å². The maximum atomic E-state index is 13.2. The quantitative estimate of drug-likeness (QED) is 0.422. The van der Waals surface area contributed by atoms with Gasteiger partial charge < -0.3 is 0 Å². The van der Waals surface area contributed by atoms with Crippen LogP contribution in [0.25, 0.3) is 16.6 Å². The van der Waals surface area contributed by atoms with E-state index in [9.17, 15) is 4.79 Å². The number of nitrogens with zero attached hydrogens (tertiary/aromatic N) is 3. The molecule has 27 heavy (non-hydrogen) atoms. The minimum atomic E-state index is -0.123. The van der Waals surface area contributed by atoms with Crippen molar-refractivity contribution in [1.82, 2.24) is 9.55 Å². The van der Waals surface area contributed by atoms with Gasteiger partial charge in [0.2, 0.25) is 5.95 Å². The van der Waals surface area contributed by atoms with E-state index in [2.05, 4.69) is 15.5 Å². The highest BCUT2D eigenvalue weighted by Gasteiger charge is 2.14. The lowest BCUT2D eigenvalue weighted by Gasteiger charge is -2.15. The van der Waals surface area contributed by atoms with E-state index in [1.807, 2.05) is 67.1 Å². The van der Waals surface area contributed by atoms with Crippen molar-refractivity contribution in [2.24, 2.45) is 5.10 Å². The van der Waals surface area contributed by atoms with Crippen LogP contribution in [0.5, 0.6) is 0 Å². The number of rotatable bonds is 4. The Morgan fingerprint density at radius 1 is 1.11 bits per heavy atom. The van der Waals surface area contributed by atoms with Gasteiger partial charge >= 0.3 is 0 Å². The molecule has 2 aromatic heterocycles. The number of hydrogen-bond donors (Lipinski definition) is 1. The minimum absolute atomic E-state index is 0.123. The highest BCUT2D eigenvalue weighted by atomic mass is 32.1. The van der Waals surface area contributed by atoms with Crippen molar-refractivity contribution in [1.29, 1.82) is 0 Å². The molecule has 0 saturated heterocycles. The van der Waals surface area contributed by atoms with Crippen LogP contribution < -0.4 is 11.0 Å². The lowest BCUT2D eigenvalue weighted by Crippen LogP contribution is -2.23. The lowest BCUT2D eigenvalue weighted by atomic mass is 10.1. The van der Waals surface area contributed by atoms with Crippen molar-refractivity contribution in [3.05, 3.63) is 86.3 Å². The third kappa shape index (κ3) is 3.27. The van der Waals surface area contributed by atoms with E-state index in [1.54, 1.807) is 28.2 Å². The number of nitrogens with one attached hydrogen (secondary N) is 1. The molecular weight excluding hydrogens is 356 g/mol. The van der Waals surface area contributed by atoms with Gasteiger partial charge in [0.15, 0.2) is 0 Å². The van der Waals surface area contributed by atoms with Crippen molar-refractivity contribution in [3.63, 3.8) is 0 Å². The Labute approximate surface area is 160 Å². The van der Waals surface area contributed by atoms with Crippen molar-refractivity contribution in [2.45, 2.75) is 13.8 Å². The maximum absolute atomic E-state index is 13.2. The van der Waals surface area contributed by atoms with Crippen LogP contribution in [0.3, 0.4) is 0 Å². The molecule has 1 N–H and O–H groups in total. The van der Waals surface area contributed by atoms with Gasteiger partial charge in [-0.15, -0.1) is 0 Å². The second-order valence-corrected chi connectivity index (χ2v) is 7.02. The summed E-state index contributed by atoms with van der Waals surface area (Å²) in [5.74, 6) is 0.388. The molecule has 5 nitrogen and oxygen atoms in total. The second kappa shape index (κ2) is 7.17. The monoisotopic (exact) mass is 374 g/mol. The van der Waals surface area contributed by atoms with Crippen molar-refractivity contribution >= 4 is 34.4 Å². The van der Waals surface area contributed by atoms with E-state index >= 15 is 0 Å². The number of fused-ring (bicyclic) bond motifs is 1. The summed E-state index contributed by atoms with van der Waals surface area (Å²) in [6.07, 6.45) is 1.71. The first-order valence-corrected chi connectivity index (χ1v) is 9.49. The Kier molecular flexibility index (Phi) is 4.56. The molecule has 0 bridgehead atoms. The topological polar surface area (TPSA) is 59.3 Å². The number of hydrazone groups is 1. The van der Waals surface area contributed by atoms with Gasteiger partial charge in [-0.1, -0.05) is 24.3 Å². The fraction of sp³-hybridized carbons (Fsp3) is 0.0952. The summed E-state index contributed by atoms with van der Waals surface area (Å²) >= 11 is 1.60. The lowest BCUT2D eigenvalue weighted by molar-refractivity contribution is 0.944. The summed E-state index contributed by atoms with van der Waals surface area (Å²) in [6.45, 7) is 4.03. The molecule has 0 unspecified atom stereocenters. The molecule has 0 aliphatic heterocycles. The van der Waals surface area contributed by atoms with Crippen LogP contribution in [0, 0.1) is 13.8 Å². The van der Waals surface area contributed by atoms with Crippen LogP contribution in [-0.2, 0) is 0 Å². The van der Waals surface area contributed by atoms with Gasteiger partial charge in [-0.05, 0) is 60.0 Å². The van der Waals surface area contributed by atoms with Crippen LogP contribution in [-0.4, -0.2) is 15.8 Å². The molecule has 4 rings (SSSR count). The van der Waals surface area contributed by atoms with Crippen LogP contribution in [0.15, 0.2) is 69.2 Å². The molecule has 2 heterocycles. The van der Waals surface area contributed by atoms with E-state index in [0.29, 0.717) is 16.9 Å². The first-order valence-electron chi connectivity index (χ1n) is 8.55. The zero-order chi connectivity index (χ0) is 18.8. The summed E-state index contributed by atoms with van der Waals surface area (Å²) in [5.41, 5.74) is 7.40. The van der Waals surface area contributed by atoms with Crippen molar-refractivity contribution in [3.8, 4) is 5.69 Å². The SMILES string of the molecule is Cc1cccc(-n2c(N/N=C\c3ccsc3)nc3ccccc3c2=O)c1C. The zero-order valence-electron chi connectivity index (χ0n) is 15.0. The standard InChI is InChI=1S/C21H18N4OS/c1-14-6-5-9-19(15(14)2)25-20(26)17-7-3-4-8-18(17)23-21(25)24-22-12-16-10-11-27-13-16/h3-13H,1-2H3,(H,23,24)/b22-12-. The second-order valence-electron chi connectivity index (χ2n) is 6.24. The largest absolute Gasteiger partial charge is 0.268 e. The summed E-state index contributed by atoms with van der Waals surface area (Å²) < 4.78 is 1.59. The molecule has 134 valence electrons. The van der Waals surface area contributed by atoms with E-state index in [0.717, 1.165) is 22.4 Å². The maximum Gasteiger partial charge on any atom is 0.267 e. The number of hydrogen-bond acceptors (Lipinski definition) is 5. The van der Waals surface area contributed by atoms with E-state index < -0.39 is 0 Å². The average molecular weight is 374 g/mol. The van der Waals surface area contributed by atoms with Gasteiger partial charge in [-0.3, -0.25) is 4.79 Å².